The van der Waals surface area contributed by atoms with Crippen LogP contribution in [0.1, 0.15) is 84.7 Å². The number of phenolic OH excluding ortho intramolecular Hbond substituents is 1. The first-order valence-electron chi connectivity index (χ1n) is 12.3. The Morgan fingerprint density at radius 2 is 1.62 bits per heavy atom. The van der Waals surface area contributed by atoms with Crippen molar-refractivity contribution in [1.29, 1.82) is 0 Å². The van der Waals surface area contributed by atoms with Gasteiger partial charge < -0.3 is 20.6 Å². The highest BCUT2D eigenvalue weighted by molar-refractivity contribution is 6.01. The van der Waals surface area contributed by atoms with Crippen molar-refractivity contribution in [2.24, 2.45) is 5.92 Å². The molecule has 0 fully saturated rings. The van der Waals surface area contributed by atoms with E-state index >= 15 is 0 Å². The summed E-state index contributed by atoms with van der Waals surface area (Å²) in [6.07, 6.45) is 2.03. The second-order valence-electron chi connectivity index (χ2n) is 9.27. The number of phenols is 1. The van der Waals surface area contributed by atoms with Crippen LogP contribution in [0.5, 0.6) is 5.75 Å². The van der Waals surface area contributed by atoms with E-state index in [2.05, 4.69) is 12.2 Å². The number of carbonyl (C=O) groups excluding carboxylic acids is 2. The van der Waals surface area contributed by atoms with Crippen LogP contribution in [0.25, 0.3) is 0 Å². The number of rotatable bonds is 13. The molecule has 2 rings (SSSR count). The molecule has 0 aliphatic carbocycles. The third kappa shape index (κ3) is 7.96. The minimum atomic E-state index is -1.17. The molecule has 4 N–H and O–H groups in total. The van der Waals surface area contributed by atoms with E-state index in [0.717, 1.165) is 30.4 Å². The van der Waals surface area contributed by atoms with Gasteiger partial charge in [0.05, 0.1) is 12.1 Å². The molecule has 0 aromatic heterocycles. The Morgan fingerprint density at radius 3 is 2.24 bits per heavy atom. The topological polar surface area (TPSA) is 107 Å². The third-order valence-electron chi connectivity index (χ3n) is 6.30. The van der Waals surface area contributed by atoms with E-state index in [-0.39, 0.29) is 23.9 Å². The van der Waals surface area contributed by atoms with Gasteiger partial charge in [-0.05, 0) is 67.6 Å². The van der Waals surface area contributed by atoms with Crippen molar-refractivity contribution in [2.75, 3.05) is 0 Å². The van der Waals surface area contributed by atoms with Crippen molar-refractivity contribution in [2.45, 2.75) is 84.5 Å². The molecule has 0 aliphatic heterocycles. The number of Topliss-reactive ketones (excluding diaryl/α,β-unsaturated/α-hetero) is 1. The second-order valence-corrected chi connectivity index (χ2v) is 9.27. The molecular weight excluding hydrogens is 430 g/mol. The fraction of sp³-hybridized carbons (Fsp3) is 0.500. The normalized spacial score (nSPS) is 14.8. The van der Waals surface area contributed by atoms with Crippen LogP contribution in [-0.2, 0) is 6.42 Å². The third-order valence-corrected chi connectivity index (χ3v) is 6.30. The first-order valence-corrected chi connectivity index (χ1v) is 12.3. The molecule has 4 unspecified atom stereocenters. The maximum atomic E-state index is 13.2. The lowest BCUT2D eigenvalue weighted by molar-refractivity contribution is -0.00830. The highest BCUT2D eigenvalue weighted by Crippen LogP contribution is 2.19. The lowest BCUT2D eigenvalue weighted by Crippen LogP contribution is -2.49. The molecule has 0 saturated carbocycles. The molecule has 2 aromatic rings. The smallest absolute Gasteiger partial charge is 0.251 e. The van der Waals surface area contributed by atoms with E-state index in [1.54, 1.807) is 42.5 Å². The predicted octanol–water partition coefficient (Wildman–Crippen LogP) is 4.57. The minimum absolute atomic E-state index is 0.00715. The first-order chi connectivity index (χ1) is 16.2. The average Bonchev–Trinajstić information content (AvgIpc) is 2.83. The minimum Gasteiger partial charge on any atom is -0.508 e. The lowest BCUT2D eigenvalue weighted by Gasteiger charge is -2.28. The van der Waals surface area contributed by atoms with Crippen LogP contribution in [0.2, 0.25) is 0 Å². The molecule has 34 heavy (non-hydrogen) atoms. The van der Waals surface area contributed by atoms with Crippen molar-refractivity contribution in [3.63, 3.8) is 0 Å². The van der Waals surface area contributed by atoms with Crippen LogP contribution in [0.4, 0.5) is 0 Å². The number of benzene rings is 2. The van der Waals surface area contributed by atoms with E-state index in [4.69, 9.17) is 0 Å². The molecule has 6 heteroatoms. The summed E-state index contributed by atoms with van der Waals surface area (Å²) >= 11 is 0. The zero-order valence-corrected chi connectivity index (χ0v) is 20.8. The zero-order chi connectivity index (χ0) is 25.3. The van der Waals surface area contributed by atoms with Crippen molar-refractivity contribution in [1.82, 2.24) is 5.32 Å². The molecule has 0 radical (unpaired) electrons. The molecular formula is C28H39NO5. The maximum absolute atomic E-state index is 13.2. The molecule has 4 atom stereocenters. The van der Waals surface area contributed by atoms with Gasteiger partial charge in [0, 0.05) is 17.0 Å². The van der Waals surface area contributed by atoms with Gasteiger partial charge in [-0.15, -0.1) is 0 Å². The van der Waals surface area contributed by atoms with E-state index in [0.29, 0.717) is 24.0 Å². The number of unbranched alkanes of at least 4 members (excludes halogenated alkanes) is 2. The quantitative estimate of drug-likeness (QED) is 0.254. The Balaban J connectivity index is 2.27. The summed E-state index contributed by atoms with van der Waals surface area (Å²) in [6.45, 7) is 7.73. The highest BCUT2D eigenvalue weighted by Gasteiger charge is 2.28. The van der Waals surface area contributed by atoms with Crippen LogP contribution in [0.15, 0.2) is 42.5 Å². The molecule has 0 spiro atoms. The first kappa shape index (κ1) is 27.5. The molecule has 1 amide bonds. The molecule has 2 aromatic carbocycles. The molecule has 0 aliphatic rings. The van der Waals surface area contributed by atoms with Crippen LogP contribution >= 0.6 is 0 Å². The number of aliphatic hydroxyl groups excluding tert-OH is 2. The van der Waals surface area contributed by atoms with E-state index in [9.17, 15) is 24.9 Å². The number of amides is 1. The van der Waals surface area contributed by atoms with E-state index in [1.165, 1.54) is 0 Å². The maximum Gasteiger partial charge on any atom is 0.251 e. The summed E-state index contributed by atoms with van der Waals surface area (Å²) in [5.74, 6) is -0.430. The largest absolute Gasteiger partial charge is 0.508 e. The molecule has 0 heterocycles. The van der Waals surface area contributed by atoms with Crippen molar-refractivity contribution >= 4 is 11.7 Å². The Labute approximate surface area is 203 Å². The van der Waals surface area contributed by atoms with Crippen molar-refractivity contribution < 1.29 is 24.9 Å². The van der Waals surface area contributed by atoms with Gasteiger partial charge >= 0.3 is 0 Å². The number of ketones is 1. The highest BCUT2D eigenvalue weighted by atomic mass is 16.3. The molecule has 186 valence electrons. The Morgan fingerprint density at radius 1 is 0.971 bits per heavy atom. The molecule has 0 bridgehead atoms. The number of nitrogens with one attached hydrogen (secondary N) is 1. The fourth-order valence-corrected chi connectivity index (χ4v) is 3.96. The van der Waals surface area contributed by atoms with Gasteiger partial charge in [-0.1, -0.05) is 52.2 Å². The second kappa shape index (κ2) is 13.3. The summed E-state index contributed by atoms with van der Waals surface area (Å²) in [6, 6.07) is 10.9. The van der Waals surface area contributed by atoms with Gasteiger partial charge in [0.2, 0.25) is 0 Å². The van der Waals surface area contributed by atoms with Gasteiger partial charge in [-0.25, -0.2) is 0 Å². The van der Waals surface area contributed by atoms with Crippen molar-refractivity contribution in [3.05, 3.63) is 64.7 Å². The van der Waals surface area contributed by atoms with E-state index in [1.807, 2.05) is 20.8 Å². The van der Waals surface area contributed by atoms with Crippen molar-refractivity contribution in [3.8, 4) is 5.75 Å². The fourth-order valence-electron chi connectivity index (χ4n) is 3.96. The summed E-state index contributed by atoms with van der Waals surface area (Å²) in [7, 11) is 0. The zero-order valence-electron chi connectivity index (χ0n) is 20.8. The standard InChI is InChI=1S/C28H39NO5/c1-5-7-8-9-25(31)27(33)24(16-20-10-12-23(30)13-11-20)29-28(34)22-15-18(3)14-21(17-22)26(32)19(4)6-2/h10-15,17,19,24-25,27,30-31,33H,5-9,16H2,1-4H3,(H,29,34). The van der Waals surface area contributed by atoms with Gasteiger partial charge in [-0.3, -0.25) is 9.59 Å². The van der Waals surface area contributed by atoms with Crippen LogP contribution in [0, 0.1) is 12.8 Å². The number of aromatic hydroxyl groups is 1. The SMILES string of the molecule is CCCCCC(O)C(O)C(Cc1ccc(O)cc1)NC(=O)c1cc(C)cc(C(=O)C(C)CC)c1. The van der Waals surface area contributed by atoms with Gasteiger partial charge in [0.25, 0.3) is 5.91 Å². The summed E-state index contributed by atoms with van der Waals surface area (Å²) < 4.78 is 0. The number of hydrogen-bond donors (Lipinski definition) is 4. The van der Waals surface area contributed by atoms with Crippen LogP contribution in [0.3, 0.4) is 0 Å². The van der Waals surface area contributed by atoms with Gasteiger partial charge in [-0.2, -0.15) is 0 Å². The number of aliphatic hydroxyl groups is 2. The number of hydrogen-bond acceptors (Lipinski definition) is 5. The van der Waals surface area contributed by atoms with E-state index < -0.39 is 24.2 Å². The average molecular weight is 470 g/mol. The van der Waals surface area contributed by atoms with Gasteiger partial charge in [0.15, 0.2) is 5.78 Å². The molecule has 6 nitrogen and oxygen atoms in total. The predicted molar refractivity (Wildman–Crippen MR) is 134 cm³/mol. The van der Waals surface area contributed by atoms with Gasteiger partial charge in [0.1, 0.15) is 11.9 Å². The summed E-state index contributed by atoms with van der Waals surface area (Å²) in [4.78, 5) is 25.9. The summed E-state index contributed by atoms with van der Waals surface area (Å²) in [5.41, 5.74) is 2.44. The Kier molecular flexibility index (Phi) is 10.7. The monoisotopic (exact) mass is 469 g/mol. The Bertz CT molecular complexity index is 940. The Hall–Kier alpha value is -2.70. The van der Waals surface area contributed by atoms with Crippen LogP contribution in [-0.4, -0.2) is 45.3 Å². The number of carbonyl (C=O) groups is 2. The summed E-state index contributed by atoms with van der Waals surface area (Å²) in [5, 5.41) is 34.0. The van der Waals surface area contributed by atoms with Crippen LogP contribution < -0.4 is 5.32 Å². The molecule has 0 saturated heterocycles. The lowest BCUT2D eigenvalue weighted by atomic mass is 9.93. The number of aryl methyl sites for hydroxylation is 1.